The summed E-state index contributed by atoms with van der Waals surface area (Å²) in [5, 5.41) is 6.55. The summed E-state index contributed by atoms with van der Waals surface area (Å²) in [6, 6.07) is 8.78. The van der Waals surface area contributed by atoms with Gasteiger partial charge in [0, 0.05) is 31.6 Å². The zero-order chi connectivity index (χ0) is 16.4. The number of rotatable bonds is 3. The van der Waals surface area contributed by atoms with Gasteiger partial charge in [-0.05, 0) is 44.4 Å². The van der Waals surface area contributed by atoms with E-state index in [2.05, 4.69) is 20.5 Å². The Balaban J connectivity index is 0.00000121. The Morgan fingerprint density at radius 2 is 1.96 bits per heavy atom. The summed E-state index contributed by atoms with van der Waals surface area (Å²) in [6.45, 7) is 3.59. The molecule has 2 fully saturated rings. The fraction of sp³-hybridized carbons (Fsp3) is 0.556. The van der Waals surface area contributed by atoms with Crippen LogP contribution in [0.2, 0.25) is 0 Å². The van der Waals surface area contributed by atoms with Crippen molar-refractivity contribution in [1.29, 1.82) is 0 Å². The van der Waals surface area contributed by atoms with Gasteiger partial charge in [-0.3, -0.25) is 4.79 Å². The molecule has 2 saturated heterocycles. The Kier molecular flexibility index (Phi) is 7.55. The van der Waals surface area contributed by atoms with Crippen molar-refractivity contribution in [3.63, 3.8) is 0 Å². The van der Waals surface area contributed by atoms with Crippen LogP contribution in [0.5, 0.6) is 0 Å². The second-order valence-electron chi connectivity index (χ2n) is 6.78. The maximum Gasteiger partial charge on any atom is 0.298 e. The van der Waals surface area contributed by atoms with Gasteiger partial charge >= 0.3 is 0 Å². The molecule has 2 aromatic rings. The molecule has 0 spiro atoms. The van der Waals surface area contributed by atoms with Gasteiger partial charge < -0.3 is 20.0 Å². The van der Waals surface area contributed by atoms with Gasteiger partial charge in [-0.1, -0.05) is 12.1 Å². The lowest BCUT2D eigenvalue weighted by atomic mass is 9.95. The SMILES string of the molecule is Cl.Cl.O=C(N[C@H]1CCCNC1)C1CCN(c2nc3ccccc3o2)CC1. The molecule has 8 heteroatoms. The number of hydrogen-bond donors (Lipinski definition) is 2. The zero-order valence-corrected chi connectivity index (χ0v) is 16.3. The fourth-order valence-electron chi connectivity index (χ4n) is 3.62. The van der Waals surface area contributed by atoms with E-state index in [0.29, 0.717) is 12.1 Å². The monoisotopic (exact) mass is 400 g/mol. The van der Waals surface area contributed by atoms with Crippen LogP contribution in [0.4, 0.5) is 6.01 Å². The number of fused-ring (bicyclic) bond motifs is 1. The first kappa shape index (κ1) is 20.8. The molecule has 2 aliphatic heterocycles. The van der Waals surface area contributed by atoms with E-state index in [1.54, 1.807) is 0 Å². The van der Waals surface area contributed by atoms with Crippen molar-refractivity contribution in [2.75, 3.05) is 31.1 Å². The molecule has 3 heterocycles. The van der Waals surface area contributed by atoms with E-state index in [1.807, 2.05) is 24.3 Å². The number of aromatic nitrogens is 1. The van der Waals surface area contributed by atoms with Gasteiger partial charge in [0.1, 0.15) is 5.52 Å². The number of oxazole rings is 1. The molecule has 0 unspecified atom stereocenters. The van der Waals surface area contributed by atoms with E-state index < -0.39 is 0 Å². The van der Waals surface area contributed by atoms with Crippen LogP contribution in [0, 0.1) is 5.92 Å². The lowest BCUT2D eigenvalue weighted by molar-refractivity contribution is -0.126. The molecule has 4 rings (SSSR count). The van der Waals surface area contributed by atoms with Crippen molar-refractivity contribution in [2.24, 2.45) is 5.92 Å². The van der Waals surface area contributed by atoms with E-state index in [9.17, 15) is 4.79 Å². The van der Waals surface area contributed by atoms with Gasteiger partial charge in [0.25, 0.3) is 6.01 Å². The van der Waals surface area contributed by atoms with Gasteiger partial charge in [-0.25, -0.2) is 0 Å². The summed E-state index contributed by atoms with van der Waals surface area (Å²) in [5.74, 6) is 0.313. The van der Waals surface area contributed by atoms with Gasteiger partial charge in [-0.2, -0.15) is 4.98 Å². The quantitative estimate of drug-likeness (QED) is 0.828. The molecular formula is C18H26Cl2N4O2. The lowest BCUT2D eigenvalue weighted by Gasteiger charge is -2.32. The fourth-order valence-corrected chi connectivity index (χ4v) is 3.62. The number of nitrogens with zero attached hydrogens (tertiary/aromatic N) is 2. The van der Waals surface area contributed by atoms with Crippen molar-refractivity contribution >= 4 is 47.8 Å². The van der Waals surface area contributed by atoms with E-state index in [1.165, 1.54) is 0 Å². The maximum absolute atomic E-state index is 12.5. The van der Waals surface area contributed by atoms with E-state index in [0.717, 1.165) is 63.0 Å². The zero-order valence-electron chi connectivity index (χ0n) is 14.6. The molecule has 1 atom stereocenters. The predicted octanol–water partition coefficient (Wildman–Crippen LogP) is 2.76. The van der Waals surface area contributed by atoms with Gasteiger partial charge in [0.2, 0.25) is 5.91 Å². The molecule has 26 heavy (non-hydrogen) atoms. The van der Waals surface area contributed by atoms with Gasteiger partial charge in [0.05, 0.1) is 0 Å². The van der Waals surface area contributed by atoms with Crippen LogP contribution in [-0.2, 0) is 4.79 Å². The molecule has 0 saturated carbocycles. The Morgan fingerprint density at radius 1 is 1.19 bits per heavy atom. The third-order valence-electron chi connectivity index (χ3n) is 5.06. The second-order valence-corrected chi connectivity index (χ2v) is 6.78. The summed E-state index contributed by atoms with van der Waals surface area (Å²) in [4.78, 5) is 19.1. The number of hydrogen-bond acceptors (Lipinski definition) is 5. The van der Waals surface area contributed by atoms with Crippen molar-refractivity contribution < 1.29 is 9.21 Å². The Labute approximate surface area is 165 Å². The number of halogens is 2. The van der Waals surface area contributed by atoms with Crippen molar-refractivity contribution in [2.45, 2.75) is 31.7 Å². The molecule has 0 radical (unpaired) electrons. The number of benzene rings is 1. The average Bonchev–Trinajstić information content (AvgIpc) is 3.07. The first-order chi connectivity index (χ1) is 11.8. The molecule has 1 aromatic carbocycles. The van der Waals surface area contributed by atoms with Crippen molar-refractivity contribution in [3.8, 4) is 0 Å². The van der Waals surface area contributed by atoms with Gasteiger partial charge in [-0.15, -0.1) is 24.8 Å². The number of piperidine rings is 2. The standard InChI is InChI=1S/C18H24N4O2.2ClH/c23-17(20-14-4-3-9-19-12-14)13-7-10-22(11-8-13)18-21-15-5-1-2-6-16(15)24-18;;/h1-2,5-6,13-14,19H,3-4,7-12H2,(H,20,23);2*1H/t14-;;/m0../s1. The smallest absolute Gasteiger partial charge is 0.298 e. The predicted molar refractivity (Wildman–Crippen MR) is 107 cm³/mol. The number of carbonyl (C=O) groups is 1. The van der Waals surface area contributed by atoms with Crippen LogP contribution in [0.25, 0.3) is 11.1 Å². The van der Waals surface area contributed by atoms with Crippen LogP contribution in [0.3, 0.4) is 0 Å². The summed E-state index contributed by atoms with van der Waals surface area (Å²) >= 11 is 0. The summed E-state index contributed by atoms with van der Waals surface area (Å²) in [6.07, 6.45) is 3.93. The van der Waals surface area contributed by atoms with E-state index in [-0.39, 0.29) is 36.6 Å². The molecule has 0 bridgehead atoms. The normalized spacial score (nSPS) is 20.9. The minimum atomic E-state index is 0. The highest BCUT2D eigenvalue weighted by Gasteiger charge is 2.28. The number of carbonyl (C=O) groups excluding carboxylic acids is 1. The largest absolute Gasteiger partial charge is 0.423 e. The lowest BCUT2D eigenvalue weighted by Crippen LogP contribution is -2.49. The Hall–Kier alpha value is -1.50. The van der Waals surface area contributed by atoms with Crippen LogP contribution in [0.1, 0.15) is 25.7 Å². The minimum Gasteiger partial charge on any atom is -0.423 e. The molecule has 1 aromatic heterocycles. The summed E-state index contributed by atoms with van der Waals surface area (Å²) < 4.78 is 5.83. The first-order valence-corrected chi connectivity index (χ1v) is 8.91. The number of para-hydroxylation sites is 2. The van der Waals surface area contributed by atoms with Crippen LogP contribution < -0.4 is 15.5 Å². The van der Waals surface area contributed by atoms with Crippen LogP contribution >= 0.6 is 24.8 Å². The maximum atomic E-state index is 12.5. The second kappa shape index (κ2) is 9.44. The highest BCUT2D eigenvalue weighted by Crippen LogP contribution is 2.26. The highest BCUT2D eigenvalue weighted by atomic mass is 35.5. The van der Waals surface area contributed by atoms with E-state index in [4.69, 9.17) is 4.42 Å². The highest BCUT2D eigenvalue weighted by molar-refractivity contribution is 5.85. The molecule has 144 valence electrons. The molecular weight excluding hydrogens is 375 g/mol. The van der Waals surface area contributed by atoms with E-state index >= 15 is 0 Å². The van der Waals surface area contributed by atoms with Gasteiger partial charge in [0.15, 0.2) is 5.58 Å². The van der Waals surface area contributed by atoms with Crippen LogP contribution in [0.15, 0.2) is 28.7 Å². The van der Waals surface area contributed by atoms with Crippen molar-refractivity contribution in [3.05, 3.63) is 24.3 Å². The molecule has 1 amide bonds. The number of anilines is 1. The summed E-state index contributed by atoms with van der Waals surface area (Å²) in [5.41, 5.74) is 1.70. The Morgan fingerprint density at radius 3 is 2.65 bits per heavy atom. The Bertz CT molecular complexity index is 677. The average molecular weight is 401 g/mol. The molecule has 6 nitrogen and oxygen atoms in total. The molecule has 2 N–H and O–H groups in total. The topological polar surface area (TPSA) is 70.4 Å². The third-order valence-corrected chi connectivity index (χ3v) is 5.06. The number of amides is 1. The minimum absolute atomic E-state index is 0. The first-order valence-electron chi connectivity index (χ1n) is 8.91. The van der Waals surface area contributed by atoms with Crippen molar-refractivity contribution in [1.82, 2.24) is 15.6 Å². The van der Waals surface area contributed by atoms with Crippen LogP contribution in [-0.4, -0.2) is 43.1 Å². The summed E-state index contributed by atoms with van der Waals surface area (Å²) in [7, 11) is 0. The third kappa shape index (κ3) is 4.61. The molecule has 2 aliphatic rings. The number of nitrogens with one attached hydrogen (secondary N) is 2. The molecule has 0 aliphatic carbocycles.